The maximum Gasteiger partial charge on any atom is 0.104 e. The van der Waals surface area contributed by atoms with Gasteiger partial charge in [-0.1, -0.05) is 0 Å². The Hall–Kier alpha value is -0.610. The first-order valence-corrected chi connectivity index (χ1v) is 4.77. The maximum absolute atomic E-state index is 10.2. The van der Waals surface area contributed by atoms with Gasteiger partial charge >= 0.3 is 0 Å². The fraction of sp³-hybridized carbons (Fsp3) is 0.889. The average molecular weight is 187 g/mol. The average Bonchev–Trinajstić information content (AvgIpc) is 1.99. The van der Waals surface area contributed by atoms with Crippen molar-refractivity contribution in [3.8, 4) is 0 Å². The highest BCUT2D eigenvalue weighted by Gasteiger charge is 2.24. The van der Waals surface area contributed by atoms with E-state index in [0.717, 1.165) is 13.1 Å². The zero-order chi connectivity index (χ0) is 9.84. The van der Waals surface area contributed by atoms with Gasteiger partial charge in [0.1, 0.15) is 25.3 Å². The predicted molar refractivity (Wildman–Crippen MR) is 45.2 cm³/mol. The minimum atomic E-state index is -0.959. The number of nitrogens with one attached hydrogen (secondary N) is 1. The van der Waals surface area contributed by atoms with E-state index in [1.165, 1.54) is 4.90 Å². The molecular formula is C9H17NO3. The number of aliphatic carboxylic acids is 1. The lowest BCUT2D eigenvalue weighted by Crippen LogP contribution is -3.15. The number of carbonyl (C=O) groups excluding carboxylic acids is 1. The van der Waals surface area contributed by atoms with Crippen molar-refractivity contribution in [2.75, 3.05) is 19.6 Å². The Morgan fingerprint density at radius 3 is 2.46 bits per heavy atom. The lowest BCUT2D eigenvalue weighted by Gasteiger charge is -2.32. The molecule has 0 bridgehead atoms. The summed E-state index contributed by atoms with van der Waals surface area (Å²) in [5.41, 5.74) is 0. The molecule has 1 saturated heterocycles. The molecule has 0 spiro atoms. The Labute approximate surface area is 78.5 Å². The van der Waals surface area contributed by atoms with Crippen LogP contribution in [0.2, 0.25) is 0 Å². The molecule has 0 amide bonds. The topological polar surface area (TPSA) is 53.8 Å². The van der Waals surface area contributed by atoms with Crippen LogP contribution in [0.25, 0.3) is 0 Å². The molecule has 0 aromatic rings. The van der Waals surface area contributed by atoms with Gasteiger partial charge in [0.05, 0.1) is 6.54 Å². The van der Waals surface area contributed by atoms with Crippen molar-refractivity contribution >= 4 is 5.97 Å². The van der Waals surface area contributed by atoms with Crippen LogP contribution in [0.15, 0.2) is 0 Å². The number of carbonyl (C=O) groups is 1. The highest BCUT2D eigenvalue weighted by atomic mass is 16.5. The van der Waals surface area contributed by atoms with E-state index < -0.39 is 5.97 Å². The third-order valence-corrected chi connectivity index (χ3v) is 2.30. The van der Waals surface area contributed by atoms with Crippen LogP contribution in [0.3, 0.4) is 0 Å². The number of rotatable bonds is 3. The summed E-state index contributed by atoms with van der Waals surface area (Å²) in [6.07, 6.45) is 0.621. The molecule has 4 nitrogen and oxygen atoms in total. The minimum absolute atomic E-state index is 0.148. The third-order valence-electron chi connectivity index (χ3n) is 2.30. The van der Waals surface area contributed by atoms with Gasteiger partial charge in [-0.3, -0.25) is 0 Å². The molecule has 13 heavy (non-hydrogen) atoms. The Morgan fingerprint density at radius 2 is 2.00 bits per heavy atom. The highest BCUT2D eigenvalue weighted by molar-refractivity contribution is 5.64. The van der Waals surface area contributed by atoms with Gasteiger partial charge in [0.15, 0.2) is 0 Å². The van der Waals surface area contributed by atoms with Gasteiger partial charge in [-0.15, -0.1) is 0 Å². The van der Waals surface area contributed by atoms with E-state index in [1.807, 2.05) is 13.8 Å². The second kappa shape index (κ2) is 4.58. The monoisotopic (exact) mass is 187 g/mol. The van der Waals surface area contributed by atoms with Crippen molar-refractivity contribution in [1.29, 1.82) is 0 Å². The summed E-state index contributed by atoms with van der Waals surface area (Å²) in [5.74, 6) is -0.959. The van der Waals surface area contributed by atoms with Crippen LogP contribution in [0.4, 0.5) is 0 Å². The minimum Gasteiger partial charge on any atom is -0.550 e. The van der Waals surface area contributed by atoms with Gasteiger partial charge < -0.3 is 19.5 Å². The number of hydrogen-bond acceptors (Lipinski definition) is 3. The van der Waals surface area contributed by atoms with Gasteiger partial charge in [-0.05, 0) is 13.8 Å². The largest absolute Gasteiger partial charge is 0.550 e. The van der Waals surface area contributed by atoms with Gasteiger partial charge in [-0.25, -0.2) is 0 Å². The first-order valence-electron chi connectivity index (χ1n) is 4.77. The van der Waals surface area contributed by atoms with Gasteiger partial charge in [0, 0.05) is 12.4 Å². The maximum atomic E-state index is 10.2. The summed E-state index contributed by atoms with van der Waals surface area (Å²) in [6.45, 7) is 6.50. The molecule has 1 N–H and O–H groups in total. The molecule has 1 rings (SSSR count). The van der Waals surface area contributed by atoms with Gasteiger partial charge in [0.2, 0.25) is 0 Å². The van der Waals surface area contributed by atoms with Crippen molar-refractivity contribution < 1.29 is 19.5 Å². The first kappa shape index (κ1) is 10.5. The molecule has 0 aromatic carbocycles. The zero-order valence-electron chi connectivity index (χ0n) is 8.21. The van der Waals surface area contributed by atoms with E-state index in [2.05, 4.69) is 0 Å². The highest BCUT2D eigenvalue weighted by Crippen LogP contribution is 1.98. The summed E-state index contributed by atoms with van der Waals surface area (Å²) >= 11 is 0. The van der Waals surface area contributed by atoms with Crippen LogP contribution in [0, 0.1) is 0 Å². The molecule has 1 aliphatic heterocycles. The third kappa shape index (κ3) is 3.74. The molecule has 76 valence electrons. The van der Waals surface area contributed by atoms with Crippen LogP contribution in [-0.2, 0) is 9.53 Å². The Kier molecular flexibility index (Phi) is 3.69. The van der Waals surface area contributed by atoms with Crippen LogP contribution in [0.5, 0.6) is 0 Å². The molecule has 1 heterocycles. The van der Waals surface area contributed by atoms with Crippen LogP contribution in [-0.4, -0.2) is 37.8 Å². The van der Waals surface area contributed by atoms with Crippen LogP contribution >= 0.6 is 0 Å². The SMILES string of the molecule is C[C@@H]1C[NH+](CCC(=O)[O-])C[C@@H](C)O1. The molecule has 0 saturated carbocycles. The number of ether oxygens (including phenoxy) is 1. The molecular weight excluding hydrogens is 170 g/mol. The normalized spacial score (nSPS) is 34.5. The summed E-state index contributed by atoms with van der Waals surface area (Å²) in [4.78, 5) is 11.6. The lowest BCUT2D eigenvalue weighted by molar-refractivity contribution is -0.914. The Balaban J connectivity index is 2.28. The fourth-order valence-electron chi connectivity index (χ4n) is 1.87. The second-order valence-corrected chi connectivity index (χ2v) is 3.79. The van der Waals surface area contributed by atoms with Gasteiger partial charge in [-0.2, -0.15) is 0 Å². The molecule has 0 aromatic heterocycles. The number of quaternary nitrogens is 1. The molecule has 0 radical (unpaired) electrons. The molecule has 1 aliphatic rings. The first-order chi connectivity index (χ1) is 6.08. The van der Waals surface area contributed by atoms with E-state index >= 15 is 0 Å². The predicted octanol–water partition coefficient (Wildman–Crippen LogP) is -2.18. The molecule has 1 fully saturated rings. The Morgan fingerprint density at radius 1 is 1.46 bits per heavy atom. The van der Waals surface area contributed by atoms with E-state index in [9.17, 15) is 9.90 Å². The number of hydrogen-bond donors (Lipinski definition) is 1. The van der Waals surface area contributed by atoms with Crippen LogP contribution < -0.4 is 10.0 Å². The second-order valence-electron chi connectivity index (χ2n) is 3.79. The Bertz CT molecular complexity index is 174. The number of carboxylic acids is 1. The quantitative estimate of drug-likeness (QED) is 0.546. The lowest BCUT2D eigenvalue weighted by atomic mass is 10.2. The molecule has 0 aliphatic carbocycles. The van der Waals surface area contributed by atoms with E-state index in [4.69, 9.17) is 4.74 Å². The smallest absolute Gasteiger partial charge is 0.104 e. The van der Waals surface area contributed by atoms with Crippen molar-refractivity contribution in [2.45, 2.75) is 32.5 Å². The van der Waals surface area contributed by atoms with E-state index in [-0.39, 0.29) is 18.6 Å². The van der Waals surface area contributed by atoms with Crippen molar-refractivity contribution in [3.05, 3.63) is 0 Å². The van der Waals surface area contributed by atoms with E-state index in [0.29, 0.717) is 6.54 Å². The fourth-order valence-corrected chi connectivity index (χ4v) is 1.87. The number of morpholine rings is 1. The van der Waals surface area contributed by atoms with Gasteiger partial charge in [0.25, 0.3) is 0 Å². The molecule has 2 atom stereocenters. The van der Waals surface area contributed by atoms with Crippen molar-refractivity contribution in [3.63, 3.8) is 0 Å². The zero-order valence-corrected chi connectivity index (χ0v) is 8.21. The molecule has 0 unspecified atom stereocenters. The van der Waals surface area contributed by atoms with E-state index in [1.54, 1.807) is 0 Å². The molecule has 4 heteroatoms. The summed E-state index contributed by atoms with van der Waals surface area (Å²) in [7, 11) is 0. The summed E-state index contributed by atoms with van der Waals surface area (Å²) in [6, 6.07) is 0. The summed E-state index contributed by atoms with van der Waals surface area (Å²) in [5, 5.41) is 10.2. The van der Waals surface area contributed by atoms with Crippen LogP contribution in [0.1, 0.15) is 20.3 Å². The van der Waals surface area contributed by atoms with Crippen molar-refractivity contribution in [1.82, 2.24) is 0 Å². The summed E-state index contributed by atoms with van der Waals surface area (Å²) < 4.78 is 5.54. The standard InChI is InChI=1S/C9H17NO3/c1-7-5-10(4-3-9(11)12)6-8(2)13-7/h7-8H,3-6H2,1-2H3,(H,11,12)/t7-,8-/m1/s1. The number of carboxylic acid groups (broad SMARTS) is 1. The van der Waals surface area contributed by atoms with Crippen molar-refractivity contribution in [2.24, 2.45) is 0 Å².